The first-order chi connectivity index (χ1) is 5.84. The van der Waals surface area contributed by atoms with Crippen molar-refractivity contribution in [3.63, 3.8) is 0 Å². The number of ether oxygens (including phenoxy) is 2. The third-order valence-corrected chi connectivity index (χ3v) is 2.13. The zero-order chi connectivity index (χ0) is 8.81. The average molecular weight is 170 g/mol. The molecule has 1 aliphatic rings. The maximum atomic E-state index is 5.45. The molecule has 1 saturated heterocycles. The first-order valence-corrected chi connectivity index (χ1v) is 4.67. The molecule has 0 saturated carbocycles. The van der Waals surface area contributed by atoms with Gasteiger partial charge >= 0.3 is 0 Å². The van der Waals surface area contributed by atoms with E-state index in [9.17, 15) is 0 Å². The summed E-state index contributed by atoms with van der Waals surface area (Å²) in [5.74, 6) is 0.435. The lowest BCUT2D eigenvalue weighted by atomic mass is 9.98. The Kier molecular flexibility index (Phi) is 4.33. The lowest BCUT2D eigenvalue weighted by Crippen LogP contribution is -2.24. The highest BCUT2D eigenvalue weighted by molar-refractivity contribution is 5.02. The topological polar surface area (TPSA) is 18.5 Å². The molecule has 12 heavy (non-hydrogen) atoms. The summed E-state index contributed by atoms with van der Waals surface area (Å²) >= 11 is 0. The molecule has 1 unspecified atom stereocenters. The number of hydrogen-bond acceptors (Lipinski definition) is 2. The van der Waals surface area contributed by atoms with Gasteiger partial charge in [0.2, 0.25) is 0 Å². The molecule has 0 aromatic rings. The molecule has 1 fully saturated rings. The van der Waals surface area contributed by atoms with Crippen molar-refractivity contribution in [1.82, 2.24) is 0 Å². The van der Waals surface area contributed by atoms with E-state index in [2.05, 4.69) is 13.5 Å². The van der Waals surface area contributed by atoms with Gasteiger partial charge in [-0.15, -0.1) is 0 Å². The van der Waals surface area contributed by atoms with Gasteiger partial charge in [-0.25, -0.2) is 0 Å². The smallest absolute Gasteiger partial charge is 0.0553 e. The Morgan fingerprint density at radius 1 is 1.67 bits per heavy atom. The van der Waals surface area contributed by atoms with Crippen molar-refractivity contribution in [2.75, 3.05) is 26.4 Å². The molecule has 2 heteroatoms. The second-order valence-corrected chi connectivity index (χ2v) is 3.26. The van der Waals surface area contributed by atoms with E-state index in [0.717, 1.165) is 39.3 Å². The fraction of sp³-hybridized carbons (Fsp3) is 0.800. The van der Waals surface area contributed by atoms with Crippen LogP contribution in [0.4, 0.5) is 0 Å². The summed E-state index contributed by atoms with van der Waals surface area (Å²) in [6, 6.07) is 0. The number of rotatable bonds is 4. The SMILES string of the molecule is C=C1CCOCC1COCCC. The fourth-order valence-electron chi connectivity index (χ4n) is 1.29. The van der Waals surface area contributed by atoms with Gasteiger partial charge in [-0.1, -0.05) is 19.1 Å². The van der Waals surface area contributed by atoms with Crippen LogP contribution in [-0.4, -0.2) is 26.4 Å². The van der Waals surface area contributed by atoms with Crippen LogP contribution in [0.1, 0.15) is 19.8 Å². The molecule has 0 aromatic heterocycles. The van der Waals surface area contributed by atoms with Crippen molar-refractivity contribution >= 4 is 0 Å². The highest BCUT2D eigenvalue weighted by atomic mass is 16.5. The predicted molar refractivity (Wildman–Crippen MR) is 49.2 cm³/mol. The van der Waals surface area contributed by atoms with E-state index in [1.54, 1.807) is 0 Å². The van der Waals surface area contributed by atoms with Gasteiger partial charge in [0.05, 0.1) is 19.8 Å². The van der Waals surface area contributed by atoms with Crippen LogP contribution < -0.4 is 0 Å². The standard InChI is InChI=1S/C10H18O2/c1-3-5-11-7-10-8-12-6-4-9(10)2/h10H,2-8H2,1H3. The van der Waals surface area contributed by atoms with Crippen LogP contribution in [-0.2, 0) is 9.47 Å². The molecule has 0 spiro atoms. The van der Waals surface area contributed by atoms with Gasteiger partial charge in [-0.05, 0) is 12.8 Å². The van der Waals surface area contributed by atoms with Crippen LogP contribution >= 0.6 is 0 Å². The van der Waals surface area contributed by atoms with Crippen LogP contribution in [0, 0.1) is 5.92 Å². The van der Waals surface area contributed by atoms with Gasteiger partial charge in [0.15, 0.2) is 0 Å². The first-order valence-electron chi connectivity index (χ1n) is 4.67. The minimum Gasteiger partial charge on any atom is -0.381 e. The average Bonchev–Trinajstić information content (AvgIpc) is 2.09. The Morgan fingerprint density at radius 3 is 3.17 bits per heavy atom. The summed E-state index contributed by atoms with van der Waals surface area (Å²) in [6.07, 6.45) is 2.08. The van der Waals surface area contributed by atoms with Gasteiger partial charge in [-0.3, -0.25) is 0 Å². The molecule has 0 radical (unpaired) electrons. The molecule has 0 amide bonds. The summed E-state index contributed by atoms with van der Waals surface area (Å²) in [5, 5.41) is 0. The van der Waals surface area contributed by atoms with E-state index in [0.29, 0.717) is 5.92 Å². The van der Waals surface area contributed by atoms with E-state index in [-0.39, 0.29) is 0 Å². The zero-order valence-electron chi connectivity index (χ0n) is 7.84. The van der Waals surface area contributed by atoms with Crippen LogP contribution in [0.25, 0.3) is 0 Å². The van der Waals surface area contributed by atoms with Crippen molar-refractivity contribution in [2.45, 2.75) is 19.8 Å². The summed E-state index contributed by atoms with van der Waals surface area (Å²) in [5.41, 5.74) is 1.29. The van der Waals surface area contributed by atoms with E-state index >= 15 is 0 Å². The molecular weight excluding hydrogens is 152 g/mol. The van der Waals surface area contributed by atoms with E-state index in [1.807, 2.05) is 0 Å². The number of hydrogen-bond donors (Lipinski definition) is 0. The maximum Gasteiger partial charge on any atom is 0.0553 e. The summed E-state index contributed by atoms with van der Waals surface area (Å²) in [6.45, 7) is 9.40. The van der Waals surface area contributed by atoms with Crippen LogP contribution in [0.2, 0.25) is 0 Å². The Labute approximate surface area is 74.6 Å². The van der Waals surface area contributed by atoms with Gasteiger partial charge in [0, 0.05) is 12.5 Å². The van der Waals surface area contributed by atoms with Crippen LogP contribution in [0.3, 0.4) is 0 Å². The molecule has 1 aliphatic heterocycles. The van der Waals surface area contributed by atoms with E-state index in [1.165, 1.54) is 5.57 Å². The Bertz CT molecular complexity index is 143. The highest BCUT2D eigenvalue weighted by Gasteiger charge is 2.17. The summed E-state index contributed by atoms with van der Waals surface area (Å²) < 4.78 is 10.8. The molecule has 0 bridgehead atoms. The second kappa shape index (κ2) is 5.33. The van der Waals surface area contributed by atoms with Crippen molar-refractivity contribution in [3.05, 3.63) is 12.2 Å². The second-order valence-electron chi connectivity index (χ2n) is 3.26. The van der Waals surface area contributed by atoms with Gasteiger partial charge < -0.3 is 9.47 Å². The minimum atomic E-state index is 0.435. The Morgan fingerprint density at radius 2 is 2.50 bits per heavy atom. The zero-order valence-corrected chi connectivity index (χ0v) is 7.84. The fourth-order valence-corrected chi connectivity index (χ4v) is 1.29. The molecule has 2 nitrogen and oxygen atoms in total. The lowest BCUT2D eigenvalue weighted by molar-refractivity contribution is 0.0324. The Hall–Kier alpha value is -0.340. The quantitative estimate of drug-likeness (QED) is 0.474. The molecule has 0 aliphatic carbocycles. The predicted octanol–water partition coefficient (Wildman–Crippen LogP) is 2.01. The Balaban J connectivity index is 2.16. The van der Waals surface area contributed by atoms with E-state index < -0.39 is 0 Å². The van der Waals surface area contributed by atoms with E-state index in [4.69, 9.17) is 9.47 Å². The normalized spacial score (nSPS) is 24.4. The third kappa shape index (κ3) is 2.95. The van der Waals surface area contributed by atoms with Crippen molar-refractivity contribution in [1.29, 1.82) is 0 Å². The largest absolute Gasteiger partial charge is 0.381 e. The lowest BCUT2D eigenvalue weighted by Gasteiger charge is -2.24. The van der Waals surface area contributed by atoms with Crippen molar-refractivity contribution in [2.24, 2.45) is 5.92 Å². The van der Waals surface area contributed by atoms with Crippen molar-refractivity contribution in [3.8, 4) is 0 Å². The molecule has 0 aromatic carbocycles. The van der Waals surface area contributed by atoms with Crippen LogP contribution in [0.5, 0.6) is 0 Å². The third-order valence-electron chi connectivity index (χ3n) is 2.13. The maximum absolute atomic E-state index is 5.45. The van der Waals surface area contributed by atoms with Gasteiger partial charge in [-0.2, -0.15) is 0 Å². The molecular formula is C10H18O2. The highest BCUT2D eigenvalue weighted by Crippen LogP contribution is 2.18. The monoisotopic (exact) mass is 170 g/mol. The first kappa shape index (κ1) is 9.75. The van der Waals surface area contributed by atoms with Gasteiger partial charge in [0.1, 0.15) is 0 Å². The molecule has 0 N–H and O–H groups in total. The van der Waals surface area contributed by atoms with Crippen molar-refractivity contribution < 1.29 is 9.47 Å². The molecule has 70 valence electrons. The van der Waals surface area contributed by atoms with Gasteiger partial charge in [0.25, 0.3) is 0 Å². The molecule has 1 atom stereocenters. The molecule has 1 heterocycles. The van der Waals surface area contributed by atoms with Crippen LogP contribution in [0.15, 0.2) is 12.2 Å². The summed E-state index contributed by atoms with van der Waals surface area (Å²) in [4.78, 5) is 0. The molecule has 1 rings (SSSR count). The summed E-state index contributed by atoms with van der Waals surface area (Å²) in [7, 11) is 0. The minimum absolute atomic E-state index is 0.435.